The van der Waals surface area contributed by atoms with Crippen LogP contribution in [-0.2, 0) is 32.3 Å². The van der Waals surface area contributed by atoms with Crippen LogP contribution in [0, 0.1) is 11.2 Å². The van der Waals surface area contributed by atoms with Crippen molar-refractivity contribution in [2.45, 2.75) is 24.5 Å². The molecular weight excluding hydrogens is 673 g/mol. The highest BCUT2D eigenvalue weighted by Gasteiger charge is 2.55. The van der Waals surface area contributed by atoms with E-state index in [9.17, 15) is 23.9 Å². The quantitative estimate of drug-likeness (QED) is 0.0538. The average molecular weight is 699 g/mol. The Bertz CT molecular complexity index is 2020. The molecule has 0 radical (unpaired) electrons. The number of hydrogen-bond acceptors (Lipinski definition) is 10. The SMILES string of the molecule is CO/N=C(\C(=O)N[C@@H]1C(=O)N2C(C(=O)O)=C(C[n+]3cccc4c3ccn4Cc3c(F)cc(C(=N)N)cc3Cl)CS[C@H]12)c1csc(N)n1. The maximum absolute atomic E-state index is 14.9. The number of nitrogens with two attached hydrogens (primary N) is 2. The molecule has 0 unspecified atom stereocenters. The van der Waals surface area contributed by atoms with E-state index in [0.717, 1.165) is 22.4 Å². The number of thioether (sulfide) groups is 1. The van der Waals surface area contributed by atoms with Gasteiger partial charge in [0, 0.05) is 51.2 Å². The summed E-state index contributed by atoms with van der Waals surface area (Å²) in [6.45, 7) is 0.251. The van der Waals surface area contributed by atoms with E-state index in [-0.39, 0.29) is 63.1 Å². The topological polar surface area (TPSA) is 206 Å². The number of amides is 2. The van der Waals surface area contributed by atoms with Gasteiger partial charge in [0.15, 0.2) is 23.6 Å². The highest BCUT2D eigenvalue weighted by molar-refractivity contribution is 8.00. The van der Waals surface area contributed by atoms with E-state index in [0.29, 0.717) is 5.57 Å². The molecule has 0 aliphatic carbocycles. The third-order valence-electron chi connectivity index (χ3n) is 7.65. The zero-order valence-corrected chi connectivity index (χ0v) is 26.8. The first-order valence-corrected chi connectivity index (χ1v) is 16.1. The van der Waals surface area contributed by atoms with E-state index in [1.807, 2.05) is 16.7 Å². The summed E-state index contributed by atoms with van der Waals surface area (Å²) in [7, 11) is 1.26. The highest BCUT2D eigenvalue weighted by Crippen LogP contribution is 2.40. The lowest BCUT2D eigenvalue weighted by atomic mass is 10.0. The summed E-state index contributed by atoms with van der Waals surface area (Å²) in [5.74, 6) is -3.18. The minimum absolute atomic E-state index is 0.0962. The number of aromatic nitrogens is 3. The highest BCUT2D eigenvalue weighted by atomic mass is 35.5. The fourth-order valence-corrected chi connectivity index (χ4v) is 7.63. The van der Waals surface area contributed by atoms with Gasteiger partial charge in [-0.05, 0) is 18.2 Å². The number of β-lactam (4-membered cyclic amide) rings is 1. The van der Waals surface area contributed by atoms with Crippen molar-refractivity contribution in [1.82, 2.24) is 19.8 Å². The van der Waals surface area contributed by atoms with Crippen molar-refractivity contribution in [3.05, 3.63) is 87.0 Å². The Morgan fingerprint density at radius 3 is 2.81 bits per heavy atom. The zero-order chi connectivity index (χ0) is 33.6. The molecule has 3 aromatic heterocycles. The van der Waals surface area contributed by atoms with Crippen LogP contribution in [0.5, 0.6) is 0 Å². The van der Waals surface area contributed by atoms with E-state index in [2.05, 4.69) is 15.5 Å². The molecule has 1 saturated heterocycles. The first kappa shape index (κ1) is 32.0. The predicted octanol–water partition coefficient (Wildman–Crippen LogP) is 1.88. The second-order valence-electron chi connectivity index (χ2n) is 10.5. The molecule has 6 rings (SSSR count). The number of nitrogen functional groups attached to an aromatic ring is 2. The first-order valence-electron chi connectivity index (χ1n) is 13.8. The van der Waals surface area contributed by atoms with Crippen molar-refractivity contribution in [3.63, 3.8) is 0 Å². The van der Waals surface area contributed by atoms with Gasteiger partial charge in [-0.3, -0.25) is 19.9 Å². The van der Waals surface area contributed by atoms with Gasteiger partial charge in [0.1, 0.15) is 47.1 Å². The molecule has 4 aromatic rings. The van der Waals surface area contributed by atoms with Crippen LogP contribution in [0.25, 0.3) is 11.0 Å². The Kier molecular flexibility index (Phi) is 8.61. The summed E-state index contributed by atoms with van der Waals surface area (Å²) in [6.07, 6.45) is 3.55. The smallest absolute Gasteiger partial charge is 0.352 e. The van der Waals surface area contributed by atoms with Gasteiger partial charge < -0.3 is 31.3 Å². The minimum atomic E-state index is -1.27. The fourth-order valence-electron chi connectivity index (χ4n) is 5.48. The van der Waals surface area contributed by atoms with Crippen molar-refractivity contribution in [1.29, 1.82) is 5.41 Å². The molecule has 14 nitrogen and oxygen atoms in total. The third kappa shape index (κ3) is 5.88. The molecule has 2 aliphatic rings. The van der Waals surface area contributed by atoms with Gasteiger partial charge in [-0.1, -0.05) is 16.8 Å². The summed E-state index contributed by atoms with van der Waals surface area (Å²) in [5.41, 5.74) is 13.4. The summed E-state index contributed by atoms with van der Waals surface area (Å²) >= 11 is 8.78. The number of carboxylic acids is 1. The molecule has 2 atom stereocenters. The van der Waals surface area contributed by atoms with Crippen molar-refractivity contribution < 1.29 is 33.3 Å². The Hall–Kier alpha value is -5.00. The van der Waals surface area contributed by atoms with E-state index < -0.39 is 35.0 Å². The molecule has 2 aliphatic heterocycles. The van der Waals surface area contributed by atoms with Crippen LogP contribution in [0.4, 0.5) is 9.52 Å². The monoisotopic (exact) mass is 698 g/mol. The number of nitrogens with zero attached hydrogens (tertiary/aromatic N) is 5. The number of thiazole rings is 1. The molecule has 242 valence electrons. The van der Waals surface area contributed by atoms with Crippen LogP contribution in [0.15, 0.2) is 64.5 Å². The van der Waals surface area contributed by atoms with E-state index in [1.165, 1.54) is 41.3 Å². The molecule has 0 saturated carbocycles. The number of carboxylic acid groups (broad SMARTS) is 1. The lowest BCUT2D eigenvalue weighted by Crippen LogP contribution is -2.71. The van der Waals surface area contributed by atoms with E-state index >= 15 is 0 Å². The number of aliphatic carboxylic acids is 1. The zero-order valence-electron chi connectivity index (χ0n) is 24.4. The number of amidine groups is 1. The molecule has 1 fully saturated rings. The number of pyridine rings is 1. The molecule has 2 amide bonds. The van der Waals surface area contributed by atoms with Crippen LogP contribution in [0.2, 0.25) is 5.02 Å². The summed E-state index contributed by atoms with van der Waals surface area (Å²) in [5, 5.41) is 25.4. The van der Waals surface area contributed by atoms with Gasteiger partial charge in [0.25, 0.3) is 11.8 Å². The Morgan fingerprint density at radius 2 is 2.15 bits per heavy atom. The predicted molar refractivity (Wildman–Crippen MR) is 173 cm³/mol. The minimum Gasteiger partial charge on any atom is -0.477 e. The number of oxime groups is 1. The Labute approximate surface area is 278 Å². The number of rotatable bonds is 10. The van der Waals surface area contributed by atoms with Crippen LogP contribution in [-0.4, -0.2) is 73.2 Å². The number of benzene rings is 1. The summed E-state index contributed by atoms with van der Waals surface area (Å²) in [6, 6.07) is 7.06. The largest absolute Gasteiger partial charge is 0.477 e. The lowest BCUT2D eigenvalue weighted by molar-refractivity contribution is -0.663. The maximum atomic E-state index is 14.9. The Morgan fingerprint density at radius 1 is 1.36 bits per heavy atom. The van der Waals surface area contributed by atoms with Crippen molar-refractivity contribution in [2.75, 3.05) is 18.6 Å². The van der Waals surface area contributed by atoms with Crippen molar-refractivity contribution in [3.8, 4) is 0 Å². The lowest BCUT2D eigenvalue weighted by Gasteiger charge is -2.49. The summed E-state index contributed by atoms with van der Waals surface area (Å²) < 4.78 is 18.6. The van der Waals surface area contributed by atoms with Gasteiger partial charge in [-0.25, -0.2) is 14.2 Å². The number of carbonyl (C=O) groups excluding carboxylic acids is 2. The normalized spacial score (nSPS) is 17.8. The first-order chi connectivity index (χ1) is 22.5. The van der Waals surface area contributed by atoms with Gasteiger partial charge in [0.05, 0.1) is 6.54 Å². The van der Waals surface area contributed by atoms with Crippen LogP contribution >= 0.6 is 34.7 Å². The molecular formula is C29H26ClFN9O5S2+. The second-order valence-corrected chi connectivity index (χ2v) is 12.9. The molecule has 7 N–H and O–H groups in total. The number of fused-ring (bicyclic) bond motifs is 2. The molecule has 0 spiro atoms. The standard InChI is InChI=1S/C29H25ClFN9O5S2/c1-45-37-21(18-12-47-29(34)35-18)25(41)36-22-26(42)40-23(28(43)44)14(11-46-27(22)40)9-38-5-2-3-19-20(38)4-6-39(19)10-15-16(30)7-13(24(32)33)8-17(15)31/h2-8,12,22,27H,9-11H2,1H3,(H6-,32,33,34,35,36,41,43,44)/p+1/b37-21-/t22-,27-/m1/s1. The maximum Gasteiger partial charge on any atom is 0.352 e. The van der Waals surface area contributed by atoms with E-state index in [1.54, 1.807) is 23.0 Å². The molecule has 18 heteroatoms. The number of carbonyl (C=O) groups is 3. The van der Waals surface area contributed by atoms with Gasteiger partial charge >= 0.3 is 5.97 Å². The molecule has 47 heavy (non-hydrogen) atoms. The second kappa shape index (κ2) is 12.7. The van der Waals surface area contributed by atoms with Crippen LogP contribution < -0.4 is 21.4 Å². The molecule has 0 bridgehead atoms. The summed E-state index contributed by atoms with van der Waals surface area (Å²) in [4.78, 5) is 48.9. The van der Waals surface area contributed by atoms with Gasteiger partial charge in [0.2, 0.25) is 5.52 Å². The van der Waals surface area contributed by atoms with Crippen LogP contribution in [0.3, 0.4) is 0 Å². The number of hydrogen-bond donors (Lipinski definition) is 5. The van der Waals surface area contributed by atoms with Gasteiger partial charge in [-0.2, -0.15) is 4.57 Å². The third-order valence-corrected chi connectivity index (χ3v) is 10.0. The fraction of sp³-hybridized carbons (Fsp3) is 0.207. The van der Waals surface area contributed by atoms with Gasteiger partial charge in [-0.15, -0.1) is 23.1 Å². The molecule has 5 heterocycles. The number of halogens is 2. The Balaban J connectivity index is 1.23. The van der Waals surface area contributed by atoms with Crippen LogP contribution in [0.1, 0.15) is 16.8 Å². The van der Waals surface area contributed by atoms with Crippen molar-refractivity contribution in [2.24, 2.45) is 10.9 Å². The van der Waals surface area contributed by atoms with E-state index in [4.69, 9.17) is 33.3 Å². The number of anilines is 1. The average Bonchev–Trinajstić information content (AvgIpc) is 3.66. The number of nitrogens with one attached hydrogen (secondary N) is 2. The van der Waals surface area contributed by atoms with Crippen molar-refractivity contribution >= 4 is 80.2 Å². The molecule has 1 aromatic carbocycles.